The fraction of sp³-hybridized carbons (Fsp3) is 0.462. The number of allylic oxidation sites excluding steroid dienone is 2. The molecule has 0 atom stereocenters. The molecule has 0 radical (unpaired) electrons. The molecule has 0 aromatic heterocycles. The van der Waals surface area contributed by atoms with E-state index in [4.69, 9.17) is 0 Å². The van der Waals surface area contributed by atoms with E-state index in [1.54, 1.807) is 26.0 Å². The van der Waals surface area contributed by atoms with Crippen molar-refractivity contribution in [3.8, 4) is 0 Å². The Morgan fingerprint density at radius 2 is 1.41 bits per heavy atom. The zero-order valence-corrected chi connectivity index (χ0v) is 10.8. The zero-order valence-electron chi connectivity index (χ0n) is 10.8. The van der Waals surface area contributed by atoms with E-state index in [0.717, 1.165) is 4.90 Å². The van der Waals surface area contributed by atoms with Crippen LogP contribution in [0.25, 0.3) is 0 Å². The summed E-state index contributed by atoms with van der Waals surface area (Å²) >= 11 is 0. The highest BCUT2D eigenvalue weighted by atomic mass is 16.2. The van der Waals surface area contributed by atoms with E-state index in [-0.39, 0.29) is 24.8 Å². The van der Waals surface area contributed by atoms with Crippen molar-refractivity contribution >= 4 is 18.1 Å². The standard InChI is InChI=1S/C11H13NO3.C2H6/c1-3-8-9(4-2)11(15)12(10(8)14)6-5-7-13;1-2/h3-4,7H,5-6H2,1-2H3;1-2H3/b8-3+,9-4+;. The predicted octanol–water partition coefficient (Wildman–Crippen LogP) is 1.86. The lowest BCUT2D eigenvalue weighted by atomic mass is 10.1. The van der Waals surface area contributed by atoms with Gasteiger partial charge in [-0.1, -0.05) is 26.0 Å². The van der Waals surface area contributed by atoms with Crippen molar-refractivity contribution in [1.29, 1.82) is 0 Å². The van der Waals surface area contributed by atoms with Gasteiger partial charge in [-0.25, -0.2) is 0 Å². The molecule has 4 heteroatoms. The molecule has 1 heterocycles. The molecule has 0 saturated carbocycles. The Morgan fingerprint density at radius 3 is 1.71 bits per heavy atom. The first-order valence-electron chi connectivity index (χ1n) is 5.80. The quantitative estimate of drug-likeness (QED) is 0.427. The molecule has 0 N–H and O–H groups in total. The number of hydrogen-bond donors (Lipinski definition) is 0. The summed E-state index contributed by atoms with van der Waals surface area (Å²) in [6.45, 7) is 7.59. The van der Waals surface area contributed by atoms with Crippen molar-refractivity contribution in [1.82, 2.24) is 4.90 Å². The first-order valence-corrected chi connectivity index (χ1v) is 5.80. The molecule has 1 fully saturated rings. The molecular formula is C13H19NO3. The molecule has 1 aliphatic rings. The number of imide groups is 1. The summed E-state index contributed by atoms with van der Waals surface area (Å²) in [5, 5.41) is 0. The molecule has 94 valence electrons. The molecule has 0 spiro atoms. The highest BCUT2D eigenvalue weighted by Crippen LogP contribution is 2.24. The molecule has 1 saturated heterocycles. The zero-order chi connectivity index (χ0) is 13.4. The van der Waals surface area contributed by atoms with Crippen LogP contribution in [0, 0.1) is 0 Å². The summed E-state index contributed by atoms with van der Waals surface area (Å²) in [6, 6.07) is 0. The maximum absolute atomic E-state index is 11.7. The van der Waals surface area contributed by atoms with Crippen LogP contribution in [-0.4, -0.2) is 29.5 Å². The van der Waals surface area contributed by atoms with Crippen LogP contribution in [0.3, 0.4) is 0 Å². The number of amides is 2. The molecule has 2 amide bonds. The van der Waals surface area contributed by atoms with Gasteiger partial charge in [0.15, 0.2) is 0 Å². The van der Waals surface area contributed by atoms with Crippen molar-refractivity contribution in [2.24, 2.45) is 0 Å². The SMILES string of the molecule is C/C=C1/C(=O)N(CCC=O)C(=O)/C1=C/C.CC. The Morgan fingerprint density at radius 1 is 1.00 bits per heavy atom. The van der Waals surface area contributed by atoms with E-state index in [0.29, 0.717) is 17.4 Å². The van der Waals surface area contributed by atoms with E-state index >= 15 is 0 Å². The van der Waals surface area contributed by atoms with Crippen LogP contribution in [0.1, 0.15) is 34.1 Å². The molecule has 1 rings (SSSR count). The van der Waals surface area contributed by atoms with E-state index in [9.17, 15) is 14.4 Å². The molecule has 0 aliphatic carbocycles. The first-order chi connectivity index (χ1) is 8.17. The average molecular weight is 237 g/mol. The Kier molecular flexibility index (Phi) is 6.79. The van der Waals surface area contributed by atoms with Crippen LogP contribution >= 0.6 is 0 Å². The Labute approximate surface area is 102 Å². The van der Waals surface area contributed by atoms with Crippen molar-refractivity contribution in [2.45, 2.75) is 34.1 Å². The van der Waals surface area contributed by atoms with E-state index in [1.165, 1.54) is 0 Å². The molecule has 0 bridgehead atoms. The second-order valence-corrected chi connectivity index (χ2v) is 3.12. The summed E-state index contributed by atoms with van der Waals surface area (Å²) < 4.78 is 0. The van der Waals surface area contributed by atoms with Gasteiger partial charge in [0, 0.05) is 24.1 Å². The summed E-state index contributed by atoms with van der Waals surface area (Å²) in [4.78, 5) is 34.7. The Hall–Kier alpha value is -1.71. The molecular weight excluding hydrogens is 218 g/mol. The van der Waals surface area contributed by atoms with E-state index in [1.807, 2.05) is 13.8 Å². The highest BCUT2D eigenvalue weighted by Gasteiger charge is 2.36. The average Bonchev–Trinajstić information content (AvgIpc) is 2.60. The number of carbonyl (C=O) groups excluding carboxylic acids is 3. The number of rotatable bonds is 3. The summed E-state index contributed by atoms with van der Waals surface area (Å²) in [5.41, 5.74) is 0.849. The molecule has 0 aromatic rings. The molecule has 0 unspecified atom stereocenters. The van der Waals surface area contributed by atoms with Gasteiger partial charge in [-0.3, -0.25) is 14.5 Å². The van der Waals surface area contributed by atoms with Crippen LogP contribution in [-0.2, 0) is 14.4 Å². The fourth-order valence-electron chi connectivity index (χ4n) is 1.56. The summed E-state index contributed by atoms with van der Waals surface area (Å²) in [6.07, 6.45) is 4.13. The van der Waals surface area contributed by atoms with Gasteiger partial charge in [0.05, 0.1) is 0 Å². The van der Waals surface area contributed by atoms with Crippen molar-refractivity contribution in [3.05, 3.63) is 23.3 Å². The Balaban J connectivity index is 0.00000121. The third kappa shape index (κ3) is 3.12. The van der Waals surface area contributed by atoms with Gasteiger partial charge in [-0.2, -0.15) is 0 Å². The van der Waals surface area contributed by atoms with Gasteiger partial charge in [0.25, 0.3) is 11.8 Å². The minimum Gasteiger partial charge on any atom is -0.303 e. The maximum atomic E-state index is 11.7. The minimum atomic E-state index is -0.308. The van der Waals surface area contributed by atoms with E-state index < -0.39 is 0 Å². The largest absolute Gasteiger partial charge is 0.303 e. The lowest BCUT2D eigenvalue weighted by molar-refractivity contribution is -0.136. The maximum Gasteiger partial charge on any atom is 0.261 e. The van der Waals surface area contributed by atoms with Crippen LogP contribution in [0.4, 0.5) is 0 Å². The number of nitrogens with zero attached hydrogens (tertiary/aromatic N) is 1. The number of carbonyl (C=O) groups is 3. The number of hydrogen-bond acceptors (Lipinski definition) is 3. The van der Waals surface area contributed by atoms with Crippen molar-refractivity contribution < 1.29 is 14.4 Å². The highest BCUT2D eigenvalue weighted by molar-refractivity contribution is 6.24. The van der Waals surface area contributed by atoms with Crippen molar-refractivity contribution in [3.63, 3.8) is 0 Å². The Bertz CT molecular complexity index is 337. The molecule has 1 aliphatic heterocycles. The molecule has 4 nitrogen and oxygen atoms in total. The fourth-order valence-corrected chi connectivity index (χ4v) is 1.56. The normalized spacial score (nSPS) is 19.6. The smallest absolute Gasteiger partial charge is 0.261 e. The first kappa shape index (κ1) is 15.3. The van der Waals surface area contributed by atoms with Crippen LogP contribution < -0.4 is 0 Å². The third-order valence-electron chi connectivity index (χ3n) is 2.29. The molecule has 0 aromatic carbocycles. The topological polar surface area (TPSA) is 54.5 Å². The van der Waals surface area contributed by atoms with Crippen LogP contribution in [0.5, 0.6) is 0 Å². The second kappa shape index (κ2) is 7.54. The second-order valence-electron chi connectivity index (χ2n) is 3.12. The third-order valence-corrected chi connectivity index (χ3v) is 2.29. The van der Waals surface area contributed by atoms with Gasteiger partial charge < -0.3 is 4.79 Å². The lowest BCUT2D eigenvalue weighted by Gasteiger charge is -2.09. The van der Waals surface area contributed by atoms with Crippen LogP contribution in [0.15, 0.2) is 23.3 Å². The van der Waals surface area contributed by atoms with E-state index in [2.05, 4.69) is 0 Å². The number of likely N-dealkylation sites (tertiary alicyclic amines) is 1. The predicted molar refractivity (Wildman–Crippen MR) is 66.3 cm³/mol. The molecule has 17 heavy (non-hydrogen) atoms. The van der Waals surface area contributed by atoms with Crippen LogP contribution in [0.2, 0.25) is 0 Å². The van der Waals surface area contributed by atoms with Gasteiger partial charge in [0.2, 0.25) is 0 Å². The lowest BCUT2D eigenvalue weighted by Crippen LogP contribution is -2.30. The monoisotopic (exact) mass is 237 g/mol. The van der Waals surface area contributed by atoms with Gasteiger partial charge in [-0.05, 0) is 13.8 Å². The van der Waals surface area contributed by atoms with Gasteiger partial charge in [0.1, 0.15) is 6.29 Å². The summed E-state index contributed by atoms with van der Waals surface area (Å²) in [5.74, 6) is -0.616. The number of aldehydes is 1. The van der Waals surface area contributed by atoms with Crippen molar-refractivity contribution in [2.75, 3.05) is 6.54 Å². The minimum absolute atomic E-state index is 0.163. The van der Waals surface area contributed by atoms with Gasteiger partial charge in [-0.15, -0.1) is 0 Å². The summed E-state index contributed by atoms with van der Waals surface area (Å²) in [7, 11) is 0. The van der Waals surface area contributed by atoms with Gasteiger partial charge >= 0.3 is 0 Å².